The normalized spacial score (nSPS) is 22.5. The van der Waals surface area contributed by atoms with Crippen LogP contribution in [0.25, 0.3) is 0 Å². The Bertz CT molecular complexity index is 334. The summed E-state index contributed by atoms with van der Waals surface area (Å²) in [6.07, 6.45) is 3.33. The molecule has 5 heteroatoms. The smallest absolute Gasteiger partial charge is 0.171 e. The second kappa shape index (κ2) is 5.03. The van der Waals surface area contributed by atoms with Gasteiger partial charge in [-0.1, -0.05) is 18.5 Å². The molecule has 0 saturated carbocycles. The Labute approximate surface area is 99.2 Å². The Kier molecular flexibility index (Phi) is 3.70. The molecular weight excluding hydrogens is 230 g/mol. The maximum Gasteiger partial charge on any atom is 0.171 e. The van der Waals surface area contributed by atoms with Crippen LogP contribution in [0, 0.1) is 5.92 Å². The number of hydrogen-bond acceptors (Lipinski definition) is 4. The van der Waals surface area contributed by atoms with Gasteiger partial charge >= 0.3 is 0 Å². The van der Waals surface area contributed by atoms with Crippen LogP contribution in [0.2, 0.25) is 5.15 Å². The standard InChI is InChI=1S/C10H14ClN3S/c1-8-6-14(4-5-15-7-8)10-9(11)12-2-3-13-10/h2-3,8H,4-7H2,1H3. The van der Waals surface area contributed by atoms with Gasteiger partial charge in [0, 0.05) is 31.2 Å². The SMILES string of the molecule is CC1CSCCN(c2nccnc2Cl)C1. The molecule has 2 heterocycles. The molecule has 1 saturated heterocycles. The van der Waals surface area contributed by atoms with Gasteiger partial charge in [0.15, 0.2) is 11.0 Å². The lowest BCUT2D eigenvalue weighted by atomic mass is 10.2. The first-order valence-corrected chi connectivity index (χ1v) is 6.60. The van der Waals surface area contributed by atoms with E-state index in [1.807, 2.05) is 11.8 Å². The molecule has 0 spiro atoms. The van der Waals surface area contributed by atoms with Crippen molar-refractivity contribution in [2.45, 2.75) is 6.92 Å². The third-order valence-electron chi connectivity index (χ3n) is 2.38. The molecule has 0 bridgehead atoms. The summed E-state index contributed by atoms with van der Waals surface area (Å²) in [5.74, 6) is 3.86. The Morgan fingerprint density at radius 1 is 1.47 bits per heavy atom. The van der Waals surface area contributed by atoms with Crippen molar-refractivity contribution in [2.24, 2.45) is 5.92 Å². The number of nitrogens with zero attached hydrogens (tertiary/aromatic N) is 3. The molecule has 0 N–H and O–H groups in total. The Morgan fingerprint density at radius 3 is 3.07 bits per heavy atom. The summed E-state index contributed by atoms with van der Waals surface area (Å²) in [4.78, 5) is 10.6. The molecule has 3 nitrogen and oxygen atoms in total. The Hall–Kier alpha value is -0.480. The van der Waals surface area contributed by atoms with Gasteiger partial charge < -0.3 is 4.90 Å². The minimum atomic E-state index is 0.511. The molecule has 1 aromatic heterocycles. The van der Waals surface area contributed by atoms with Crippen molar-refractivity contribution >= 4 is 29.2 Å². The van der Waals surface area contributed by atoms with Crippen LogP contribution in [0.4, 0.5) is 5.82 Å². The number of halogens is 1. The molecule has 1 fully saturated rings. The lowest BCUT2D eigenvalue weighted by Gasteiger charge is -2.23. The summed E-state index contributed by atoms with van der Waals surface area (Å²) in [5.41, 5.74) is 0. The van der Waals surface area contributed by atoms with E-state index in [0.29, 0.717) is 11.1 Å². The topological polar surface area (TPSA) is 29.0 Å². The summed E-state index contributed by atoms with van der Waals surface area (Å²) >= 11 is 8.03. The van der Waals surface area contributed by atoms with E-state index in [2.05, 4.69) is 21.8 Å². The van der Waals surface area contributed by atoms with Crippen molar-refractivity contribution in [3.05, 3.63) is 17.5 Å². The number of rotatable bonds is 1. The first-order chi connectivity index (χ1) is 7.27. The molecule has 1 aliphatic heterocycles. The van der Waals surface area contributed by atoms with Crippen LogP contribution in [0.3, 0.4) is 0 Å². The lowest BCUT2D eigenvalue weighted by molar-refractivity contribution is 0.634. The van der Waals surface area contributed by atoms with Crippen LogP contribution in [-0.2, 0) is 0 Å². The fourth-order valence-corrected chi connectivity index (χ4v) is 2.95. The van der Waals surface area contributed by atoms with Crippen LogP contribution in [-0.4, -0.2) is 34.6 Å². The van der Waals surface area contributed by atoms with Crippen LogP contribution >= 0.6 is 23.4 Å². The van der Waals surface area contributed by atoms with E-state index in [-0.39, 0.29) is 0 Å². The average Bonchev–Trinajstić information content (AvgIpc) is 2.43. The zero-order chi connectivity index (χ0) is 10.7. The van der Waals surface area contributed by atoms with Gasteiger partial charge in [0.2, 0.25) is 0 Å². The quantitative estimate of drug-likeness (QED) is 0.757. The molecular formula is C10H14ClN3S. The predicted molar refractivity (Wildman–Crippen MR) is 65.7 cm³/mol. The third-order valence-corrected chi connectivity index (χ3v) is 3.92. The third kappa shape index (κ3) is 2.75. The second-order valence-corrected chi connectivity index (χ2v) is 5.30. The van der Waals surface area contributed by atoms with Gasteiger partial charge in [0.1, 0.15) is 0 Å². The molecule has 82 valence electrons. The van der Waals surface area contributed by atoms with E-state index >= 15 is 0 Å². The van der Waals surface area contributed by atoms with E-state index < -0.39 is 0 Å². The molecule has 0 amide bonds. The molecule has 2 rings (SSSR count). The second-order valence-electron chi connectivity index (χ2n) is 3.80. The largest absolute Gasteiger partial charge is 0.353 e. The fourth-order valence-electron chi connectivity index (χ4n) is 1.70. The van der Waals surface area contributed by atoms with Crippen molar-refractivity contribution in [3.8, 4) is 0 Å². The minimum Gasteiger partial charge on any atom is -0.353 e. The van der Waals surface area contributed by atoms with Gasteiger partial charge in [-0.15, -0.1) is 0 Å². The molecule has 1 atom stereocenters. The van der Waals surface area contributed by atoms with E-state index in [4.69, 9.17) is 11.6 Å². The summed E-state index contributed by atoms with van der Waals surface area (Å²) in [6.45, 7) is 4.29. The van der Waals surface area contributed by atoms with Crippen molar-refractivity contribution in [1.29, 1.82) is 0 Å². The maximum absolute atomic E-state index is 6.04. The van der Waals surface area contributed by atoms with Crippen LogP contribution in [0.15, 0.2) is 12.4 Å². The Morgan fingerprint density at radius 2 is 2.27 bits per heavy atom. The molecule has 1 aromatic rings. The fraction of sp³-hybridized carbons (Fsp3) is 0.600. The highest BCUT2D eigenvalue weighted by Gasteiger charge is 2.18. The van der Waals surface area contributed by atoms with Crippen molar-refractivity contribution in [2.75, 3.05) is 29.5 Å². The van der Waals surface area contributed by atoms with Gasteiger partial charge in [-0.25, -0.2) is 9.97 Å². The van der Waals surface area contributed by atoms with E-state index in [1.165, 1.54) is 5.75 Å². The molecule has 0 aliphatic carbocycles. The van der Waals surface area contributed by atoms with Crippen LogP contribution < -0.4 is 4.90 Å². The van der Waals surface area contributed by atoms with Crippen molar-refractivity contribution in [3.63, 3.8) is 0 Å². The van der Waals surface area contributed by atoms with Gasteiger partial charge in [-0.3, -0.25) is 0 Å². The predicted octanol–water partition coefficient (Wildman–Crippen LogP) is 2.32. The van der Waals surface area contributed by atoms with Crippen molar-refractivity contribution in [1.82, 2.24) is 9.97 Å². The highest BCUT2D eigenvalue weighted by atomic mass is 35.5. The molecule has 1 unspecified atom stereocenters. The zero-order valence-corrected chi connectivity index (χ0v) is 10.3. The molecule has 0 aromatic carbocycles. The molecule has 15 heavy (non-hydrogen) atoms. The van der Waals surface area contributed by atoms with Gasteiger partial charge in [-0.05, 0) is 11.7 Å². The Balaban J connectivity index is 2.18. The van der Waals surface area contributed by atoms with Crippen molar-refractivity contribution < 1.29 is 0 Å². The van der Waals surface area contributed by atoms with Gasteiger partial charge in [0.25, 0.3) is 0 Å². The molecule has 0 radical (unpaired) electrons. The summed E-state index contributed by atoms with van der Waals surface area (Å²) in [7, 11) is 0. The minimum absolute atomic E-state index is 0.511. The first kappa shape index (κ1) is 11.0. The summed E-state index contributed by atoms with van der Waals surface area (Å²) in [6, 6.07) is 0. The lowest BCUT2D eigenvalue weighted by Crippen LogP contribution is -2.30. The van der Waals surface area contributed by atoms with E-state index in [9.17, 15) is 0 Å². The highest BCUT2D eigenvalue weighted by molar-refractivity contribution is 7.99. The van der Waals surface area contributed by atoms with E-state index in [0.717, 1.165) is 24.7 Å². The molecule has 1 aliphatic rings. The van der Waals surface area contributed by atoms with Crippen LogP contribution in [0.5, 0.6) is 0 Å². The highest BCUT2D eigenvalue weighted by Crippen LogP contribution is 2.24. The first-order valence-electron chi connectivity index (χ1n) is 5.06. The number of hydrogen-bond donors (Lipinski definition) is 0. The zero-order valence-electron chi connectivity index (χ0n) is 8.69. The van der Waals surface area contributed by atoms with Gasteiger partial charge in [-0.2, -0.15) is 11.8 Å². The number of anilines is 1. The average molecular weight is 244 g/mol. The summed E-state index contributed by atoms with van der Waals surface area (Å²) < 4.78 is 0. The van der Waals surface area contributed by atoms with Gasteiger partial charge in [0.05, 0.1) is 0 Å². The van der Waals surface area contributed by atoms with Crippen LogP contribution in [0.1, 0.15) is 6.92 Å². The summed E-state index contributed by atoms with van der Waals surface area (Å²) in [5, 5.41) is 0.511. The van der Waals surface area contributed by atoms with E-state index in [1.54, 1.807) is 12.4 Å². The monoisotopic (exact) mass is 243 g/mol. The maximum atomic E-state index is 6.04. The number of aromatic nitrogens is 2. The number of thioether (sulfide) groups is 1.